The number of nitrogens with zero attached hydrogens (tertiary/aromatic N) is 3. The van der Waals surface area contributed by atoms with E-state index in [1.54, 1.807) is 12.1 Å². The fourth-order valence-electron chi connectivity index (χ4n) is 3.26. The van der Waals surface area contributed by atoms with E-state index >= 15 is 0 Å². The van der Waals surface area contributed by atoms with E-state index in [-0.39, 0.29) is 35.6 Å². The molecule has 0 saturated heterocycles. The first-order valence-electron chi connectivity index (χ1n) is 9.14. The van der Waals surface area contributed by atoms with Gasteiger partial charge in [-0.25, -0.2) is 14.2 Å². The fourth-order valence-corrected chi connectivity index (χ4v) is 3.26. The minimum absolute atomic E-state index is 0.0874. The van der Waals surface area contributed by atoms with Gasteiger partial charge in [0.1, 0.15) is 12.0 Å². The molecule has 1 unspecified atom stereocenters. The van der Waals surface area contributed by atoms with Crippen LogP contribution in [0.4, 0.5) is 33.9 Å². The number of halogens is 4. The van der Waals surface area contributed by atoms with Gasteiger partial charge in [0.15, 0.2) is 0 Å². The van der Waals surface area contributed by atoms with Gasteiger partial charge in [-0.05, 0) is 30.3 Å². The molecule has 1 aromatic carbocycles. The summed E-state index contributed by atoms with van der Waals surface area (Å²) in [5, 5.41) is 2.69. The number of urea groups is 1. The lowest BCUT2D eigenvalue weighted by Gasteiger charge is -2.30. The quantitative estimate of drug-likeness (QED) is 0.552. The Morgan fingerprint density at radius 1 is 1.10 bits per heavy atom. The smallest absolute Gasteiger partial charge is 0.307 e. The molecule has 4 rings (SSSR count). The minimum atomic E-state index is -4.50. The number of benzene rings is 1. The Morgan fingerprint density at radius 2 is 1.87 bits per heavy atom. The van der Waals surface area contributed by atoms with Crippen LogP contribution >= 0.6 is 0 Å². The normalized spacial score (nSPS) is 16.1. The summed E-state index contributed by atoms with van der Waals surface area (Å²) in [7, 11) is 0. The van der Waals surface area contributed by atoms with Crippen molar-refractivity contribution in [3.8, 4) is 11.3 Å². The number of amides is 2. The first-order valence-corrected chi connectivity index (χ1v) is 9.14. The third-order valence-corrected chi connectivity index (χ3v) is 4.77. The maximum atomic E-state index is 14.4. The summed E-state index contributed by atoms with van der Waals surface area (Å²) in [6.45, 7) is 0.0874. The van der Waals surface area contributed by atoms with Crippen molar-refractivity contribution in [1.29, 1.82) is 0 Å². The van der Waals surface area contributed by atoms with Gasteiger partial charge in [-0.2, -0.15) is 13.2 Å². The summed E-state index contributed by atoms with van der Waals surface area (Å²) in [6, 6.07) is 10.3. The zero-order valence-corrected chi connectivity index (χ0v) is 15.5. The largest absolute Gasteiger partial charge is 0.416 e. The highest BCUT2D eigenvalue weighted by atomic mass is 19.4. The van der Waals surface area contributed by atoms with Crippen molar-refractivity contribution < 1.29 is 22.4 Å². The van der Waals surface area contributed by atoms with Crippen LogP contribution < -0.4 is 10.2 Å². The first-order chi connectivity index (χ1) is 14.3. The summed E-state index contributed by atoms with van der Waals surface area (Å²) in [4.78, 5) is 22.3. The number of anilines is 2. The van der Waals surface area contributed by atoms with Crippen LogP contribution in [0.15, 0.2) is 60.9 Å². The number of carbonyl (C=O) groups excluding carboxylic acids is 1. The molecule has 1 aliphatic heterocycles. The molecule has 9 heteroatoms. The van der Waals surface area contributed by atoms with Gasteiger partial charge < -0.3 is 5.32 Å². The van der Waals surface area contributed by atoms with Crippen molar-refractivity contribution in [3.05, 3.63) is 72.1 Å². The molecule has 154 valence electrons. The molecule has 30 heavy (non-hydrogen) atoms. The van der Waals surface area contributed by atoms with Gasteiger partial charge in [-0.15, -0.1) is 0 Å². The third kappa shape index (κ3) is 3.96. The van der Waals surface area contributed by atoms with Crippen molar-refractivity contribution in [2.45, 2.75) is 18.8 Å². The first kappa shape index (κ1) is 19.8. The van der Waals surface area contributed by atoms with Crippen molar-refractivity contribution in [1.82, 2.24) is 9.97 Å². The van der Waals surface area contributed by atoms with Crippen molar-refractivity contribution in [3.63, 3.8) is 0 Å². The zero-order chi connectivity index (χ0) is 21.3. The van der Waals surface area contributed by atoms with E-state index in [2.05, 4.69) is 15.3 Å². The van der Waals surface area contributed by atoms with E-state index in [4.69, 9.17) is 0 Å². The maximum absolute atomic E-state index is 14.4. The number of nitrogens with one attached hydrogen (secondary N) is 1. The third-order valence-electron chi connectivity index (χ3n) is 4.77. The van der Waals surface area contributed by atoms with E-state index in [1.807, 2.05) is 0 Å². The summed E-state index contributed by atoms with van der Waals surface area (Å²) in [6.07, 6.45) is -2.68. The molecule has 0 saturated carbocycles. The standard InChI is InChI=1S/C21H16F4N4O/c22-17-8-11-29(20(30)27-15-6-9-26-10-7-15)19-16(17)4-5-18(28-19)13-2-1-3-14(12-13)21(23,24)25/h1-7,9-10,12,17H,8,11H2,(H,26,27,30). The number of rotatable bonds is 2. The molecule has 0 bridgehead atoms. The van der Waals surface area contributed by atoms with Crippen LogP contribution in [0, 0.1) is 0 Å². The highest BCUT2D eigenvalue weighted by molar-refractivity contribution is 6.02. The zero-order valence-electron chi connectivity index (χ0n) is 15.5. The molecule has 2 aromatic heterocycles. The molecular formula is C21H16F4N4O. The molecule has 1 N–H and O–H groups in total. The molecule has 0 fully saturated rings. The van der Waals surface area contributed by atoms with E-state index < -0.39 is 23.9 Å². The highest BCUT2D eigenvalue weighted by Crippen LogP contribution is 2.38. The highest BCUT2D eigenvalue weighted by Gasteiger charge is 2.32. The Balaban J connectivity index is 1.70. The Kier molecular flexibility index (Phi) is 5.11. The van der Waals surface area contributed by atoms with Crippen LogP contribution in [0.25, 0.3) is 11.3 Å². The van der Waals surface area contributed by atoms with E-state index in [0.717, 1.165) is 12.1 Å². The lowest BCUT2D eigenvalue weighted by Crippen LogP contribution is -2.40. The molecule has 2 amide bonds. The van der Waals surface area contributed by atoms with Crippen LogP contribution in [0.5, 0.6) is 0 Å². The average molecular weight is 416 g/mol. The number of hydrogen-bond donors (Lipinski definition) is 1. The van der Waals surface area contributed by atoms with Gasteiger partial charge >= 0.3 is 12.2 Å². The predicted octanol–water partition coefficient (Wildman–Crippen LogP) is 5.62. The fraction of sp³-hybridized carbons (Fsp3) is 0.190. The predicted molar refractivity (Wildman–Crippen MR) is 104 cm³/mol. The molecule has 0 aliphatic carbocycles. The van der Waals surface area contributed by atoms with Crippen LogP contribution in [0.2, 0.25) is 0 Å². The Morgan fingerprint density at radius 3 is 2.60 bits per heavy atom. The number of alkyl halides is 4. The second-order valence-electron chi connectivity index (χ2n) is 6.76. The van der Waals surface area contributed by atoms with Crippen LogP contribution in [0.3, 0.4) is 0 Å². The van der Waals surface area contributed by atoms with Gasteiger partial charge in [0.2, 0.25) is 0 Å². The minimum Gasteiger partial charge on any atom is -0.307 e. The van der Waals surface area contributed by atoms with E-state index in [9.17, 15) is 22.4 Å². The lowest BCUT2D eigenvalue weighted by atomic mass is 10.0. The monoisotopic (exact) mass is 416 g/mol. The summed E-state index contributed by atoms with van der Waals surface area (Å²) >= 11 is 0. The summed E-state index contributed by atoms with van der Waals surface area (Å²) in [5.41, 5.74) is 0.365. The molecule has 3 heterocycles. The van der Waals surface area contributed by atoms with Gasteiger partial charge in [0, 0.05) is 42.2 Å². The molecule has 1 aliphatic rings. The second-order valence-corrected chi connectivity index (χ2v) is 6.76. The van der Waals surface area contributed by atoms with Gasteiger partial charge in [-0.1, -0.05) is 18.2 Å². The molecule has 5 nitrogen and oxygen atoms in total. The SMILES string of the molecule is O=C(Nc1ccncc1)N1CCC(F)c2ccc(-c3cccc(C(F)(F)F)c3)nc21. The van der Waals surface area contributed by atoms with Crippen molar-refractivity contribution in [2.24, 2.45) is 0 Å². The summed E-state index contributed by atoms with van der Waals surface area (Å²) < 4.78 is 53.6. The Labute approximate surface area is 169 Å². The average Bonchev–Trinajstić information content (AvgIpc) is 2.74. The van der Waals surface area contributed by atoms with Gasteiger partial charge in [0.05, 0.1) is 11.3 Å². The van der Waals surface area contributed by atoms with E-state index in [0.29, 0.717) is 5.69 Å². The number of hydrogen-bond acceptors (Lipinski definition) is 3. The lowest BCUT2D eigenvalue weighted by molar-refractivity contribution is -0.137. The molecule has 0 radical (unpaired) electrons. The number of fused-ring (bicyclic) bond motifs is 1. The molecule has 3 aromatic rings. The van der Waals surface area contributed by atoms with Crippen molar-refractivity contribution >= 4 is 17.5 Å². The van der Waals surface area contributed by atoms with Gasteiger partial charge in [0.25, 0.3) is 0 Å². The van der Waals surface area contributed by atoms with Crippen LogP contribution in [-0.2, 0) is 6.18 Å². The van der Waals surface area contributed by atoms with Crippen LogP contribution in [0.1, 0.15) is 23.7 Å². The van der Waals surface area contributed by atoms with Gasteiger partial charge in [-0.3, -0.25) is 9.88 Å². The van der Waals surface area contributed by atoms with Crippen molar-refractivity contribution in [2.75, 3.05) is 16.8 Å². The topological polar surface area (TPSA) is 58.1 Å². The molecule has 0 spiro atoms. The second kappa shape index (κ2) is 7.74. The molecule has 1 atom stereocenters. The Bertz CT molecular complexity index is 1070. The number of pyridine rings is 2. The summed E-state index contributed by atoms with van der Waals surface area (Å²) in [5.74, 6) is 0.0928. The van der Waals surface area contributed by atoms with E-state index in [1.165, 1.54) is 41.6 Å². The van der Waals surface area contributed by atoms with Crippen LogP contribution in [-0.4, -0.2) is 22.5 Å². The molecular weight excluding hydrogens is 400 g/mol. The number of carbonyl (C=O) groups is 1. The Hall–Kier alpha value is -3.49. The number of aromatic nitrogens is 2. The maximum Gasteiger partial charge on any atom is 0.416 e.